The molecule has 9 heteroatoms. The van der Waals surface area contributed by atoms with Gasteiger partial charge in [0.2, 0.25) is 5.91 Å². The summed E-state index contributed by atoms with van der Waals surface area (Å²) in [7, 11) is -1.72. The van der Waals surface area contributed by atoms with Crippen molar-refractivity contribution in [3.63, 3.8) is 0 Å². The van der Waals surface area contributed by atoms with E-state index in [4.69, 9.17) is 11.6 Å². The number of aryl methyl sites for hydroxylation is 1. The molecule has 1 aromatic heterocycles. The highest BCUT2D eigenvalue weighted by molar-refractivity contribution is 7.91. The molecule has 0 radical (unpaired) electrons. The number of benzene rings is 2. The molecule has 0 saturated carbocycles. The molecule has 34 heavy (non-hydrogen) atoms. The zero-order chi connectivity index (χ0) is 24.3. The molecule has 0 atom stereocenters. The lowest BCUT2D eigenvalue weighted by Gasteiger charge is -2.32. The summed E-state index contributed by atoms with van der Waals surface area (Å²) < 4.78 is 28.0. The highest BCUT2D eigenvalue weighted by Gasteiger charge is 2.25. The maximum Gasteiger partial charge on any atom is 0.223 e. The van der Waals surface area contributed by atoms with E-state index in [-0.39, 0.29) is 23.0 Å². The van der Waals surface area contributed by atoms with Crippen molar-refractivity contribution in [3.05, 3.63) is 57.3 Å². The predicted octanol–water partition coefficient (Wildman–Crippen LogP) is 4.69. The molecule has 1 fully saturated rings. The van der Waals surface area contributed by atoms with E-state index in [0.29, 0.717) is 24.0 Å². The summed E-state index contributed by atoms with van der Waals surface area (Å²) in [5, 5.41) is 4.44. The number of halogens is 1. The molecule has 1 amide bonds. The van der Waals surface area contributed by atoms with Crippen LogP contribution in [0, 0.1) is 12.8 Å². The van der Waals surface area contributed by atoms with E-state index >= 15 is 0 Å². The normalized spacial score (nSPS) is 15.9. The minimum atomic E-state index is -3.54. The average molecular weight is 520 g/mol. The number of carbonyl (C=O) groups excluding carboxylic acids is 1. The van der Waals surface area contributed by atoms with E-state index in [1.165, 1.54) is 5.69 Å². The third-order valence-corrected chi connectivity index (χ3v) is 9.65. The van der Waals surface area contributed by atoms with Gasteiger partial charge in [-0.05, 0) is 67.1 Å². The minimum absolute atomic E-state index is 0.0109. The Morgan fingerprint density at radius 2 is 1.85 bits per heavy atom. The fourth-order valence-corrected chi connectivity index (χ4v) is 6.84. The number of amides is 1. The summed E-state index contributed by atoms with van der Waals surface area (Å²) in [4.78, 5) is 20.2. The SMILES string of the molecule is CN=c1scc(C)n1CCC1CCN(C(=O)CCS(=O)(=O)c2ccc3cc(Cl)ccc3c2)CC1. The number of piperidine rings is 1. The van der Waals surface area contributed by atoms with Crippen LogP contribution in [0.25, 0.3) is 10.8 Å². The van der Waals surface area contributed by atoms with Crippen LogP contribution in [0.15, 0.2) is 51.7 Å². The largest absolute Gasteiger partial charge is 0.343 e. The van der Waals surface area contributed by atoms with E-state index in [1.54, 1.807) is 41.7 Å². The Labute approximate surface area is 209 Å². The highest BCUT2D eigenvalue weighted by atomic mass is 35.5. The van der Waals surface area contributed by atoms with E-state index in [2.05, 4.69) is 21.9 Å². The van der Waals surface area contributed by atoms with Gasteiger partial charge in [-0.1, -0.05) is 23.7 Å². The van der Waals surface area contributed by atoms with Gasteiger partial charge in [0.25, 0.3) is 0 Å². The number of hydrogen-bond acceptors (Lipinski definition) is 5. The first kappa shape index (κ1) is 24.9. The first-order valence-corrected chi connectivity index (χ1v) is 14.5. The zero-order valence-corrected chi connectivity index (χ0v) is 21.9. The number of fused-ring (bicyclic) bond motifs is 1. The van der Waals surface area contributed by atoms with Crippen LogP contribution in [0.2, 0.25) is 5.02 Å². The zero-order valence-electron chi connectivity index (χ0n) is 19.5. The lowest BCUT2D eigenvalue weighted by atomic mass is 9.93. The molecule has 0 spiro atoms. The molecule has 3 aromatic rings. The number of carbonyl (C=O) groups is 1. The van der Waals surface area contributed by atoms with E-state index in [1.807, 2.05) is 18.0 Å². The second kappa shape index (κ2) is 10.6. The van der Waals surface area contributed by atoms with Gasteiger partial charge in [-0.3, -0.25) is 9.79 Å². The lowest BCUT2D eigenvalue weighted by molar-refractivity contribution is -0.132. The van der Waals surface area contributed by atoms with Gasteiger partial charge in [0, 0.05) is 49.2 Å². The fraction of sp³-hybridized carbons (Fsp3) is 0.440. The number of aromatic nitrogens is 1. The molecule has 1 aliphatic rings. The molecule has 0 unspecified atom stereocenters. The van der Waals surface area contributed by atoms with E-state index < -0.39 is 9.84 Å². The molecule has 0 aliphatic carbocycles. The summed E-state index contributed by atoms with van der Waals surface area (Å²) in [6.07, 6.45) is 2.98. The van der Waals surface area contributed by atoms with Crippen LogP contribution in [-0.2, 0) is 21.2 Å². The van der Waals surface area contributed by atoms with Gasteiger partial charge < -0.3 is 9.47 Å². The van der Waals surface area contributed by atoms with Gasteiger partial charge in [-0.2, -0.15) is 0 Å². The summed E-state index contributed by atoms with van der Waals surface area (Å²) in [6.45, 7) is 4.43. The predicted molar refractivity (Wildman–Crippen MR) is 138 cm³/mol. The molecule has 4 rings (SSSR count). The van der Waals surface area contributed by atoms with Crippen molar-refractivity contribution in [3.8, 4) is 0 Å². The second-order valence-corrected chi connectivity index (χ2v) is 12.3. The average Bonchev–Trinajstić information content (AvgIpc) is 3.20. The first-order chi connectivity index (χ1) is 16.3. The van der Waals surface area contributed by atoms with Crippen molar-refractivity contribution >= 4 is 49.5 Å². The second-order valence-electron chi connectivity index (χ2n) is 8.87. The van der Waals surface area contributed by atoms with Crippen LogP contribution in [-0.4, -0.2) is 49.7 Å². The molecule has 6 nitrogen and oxygen atoms in total. The topological polar surface area (TPSA) is 71.7 Å². The number of nitrogens with zero attached hydrogens (tertiary/aromatic N) is 3. The van der Waals surface area contributed by atoms with Crippen molar-refractivity contribution in [2.75, 3.05) is 25.9 Å². The van der Waals surface area contributed by atoms with Crippen LogP contribution >= 0.6 is 22.9 Å². The highest BCUT2D eigenvalue weighted by Crippen LogP contribution is 2.25. The molecule has 2 aromatic carbocycles. The van der Waals surface area contributed by atoms with Gasteiger partial charge in [-0.15, -0.1) is 11.3 Å². The number of hydrogen-bond donors (Lipinski definition) is 0. The molecule has 1 aliphatic heterocycles. The van der Waals surface area contributed by atoms with Crippen molar-refractivity contribution < 1.29 is 13.2 Å². The van der Waals surface area contributed by atoms with Crippen LogP contribution in [0.4, 0.5) is 0 Å². The van der Waals surface area contributed by atoms with Crippen LogP contribution < -0.4 is 4.80 Å². The quantitative estimate of drug-likeness (QED) is 0.454. The molecule has 0 bridgehead atoms. The standard InChI is InChI=1S/C25H30ClN3O3S2/c1-18-17-33-25(27-2)29(18)13-9-19-7-11-28(12-8-19)24(30)10-14-34(31,32)23-6-4-20-15-22(26)5-3-21(20)16-23/h3-6,15-17,19H,7-14H2,1-2H3. The van der Waals surface area contributed by atoms with Crippen LogP contribution in [0.5, 0.6) is 0 Å². The van der Waals surface area contributed by atoms with E-state index in [9.17, 15) is 13.2 Å². The van der Waals surface area contributed by atoms with Gasteiger partial charge in [0.1, 0.15) is 0 Å². The van der Waals surface area contributed by atoms with Crippen molar-refractivity contribution in [1.82, 2.24) is 9.47 Å². The summed E-state index contributed by atoms with van der Waals surface area (Å²) in [6, 6.07) is 10.4. The summed E-state index contributed by atoms with van der Waals surface area (Å²) in [5.74, 6) is 0.308. The number of rotatable bonds is 7. The van der Waals surface area contributed by atoms with E-state index in [0.717, 1.165) is 41.4 Å². The van der Waals surface area contributed by atoms with Gasteiger partial charge in [0.15, 0.2) is 14.6 Å². The fourth-order valence-electron chi connectivity index (χ4n) is 4.53. The number of likely N-dealkylation sites (tertiary alicyclic amines) is 1. The van der Waals surface area contributed by atoms with Crippen LogP contribution in [0.3, 0.4) is 0 Å². The molecule has 2 heterocycles. The van der Waals surface area contributed by atoms with Gasteiger partial charge in [-0.25, -0.2) is 8.42 Å². The minimum Gasteiger partial charge on any atom is -0.343 e. The van der Waals surface area contributed by atoms with Gasteiger partial charge in [0.05, 0.1) is 10.6 Å². The molecule has 1 saturated heterocycles. The Morgan fingerprint density at radius 1 is 1.15 bits per heavy atom. The molecule has 182 valence electrons. The lowest BCUT2D eigenvalue weighted by Crippen LogP contribution is -2.39. The smallest absolute Gasteiger partial charge is 0.223 e. The Kier molecular flexibility index (Phi) is 7.80. The Morgan fingerprint density at radius 3 is 2.59 bits per heavy atom. The van der Waals surface area contributed by atoms with Crippen molar-refractivity contribution in [2.24, 2.45) is 10.9 Å². The third-order valence-electron chi connectivity index (χ3n) is 6.63. The monoisotopic (exact) mass is 519 g/mol. The Balaban J connectivity index is 1.28. The van der Waals surface area contributed by atoms with Gasteiger partial charge >= 0.3 is 0 Å². The number of sulfone groups is 1. The molecule has 0 N–H and O–H groups in total. The molecular weight excluding hydrogens is 490 g/mol. The van der Waals surface area contributed by atoms with Crippen molar-refractivity contribution in [2.45, 2.75) is 44.0 Å². The summed E-state index contributed by atoms with van der Waals surface area (Å²) in [5.41, 5.74) is 1.23. The maximum atomic E-state index is 12.9. The Hall–Kier alpha value is -2.16. The van der Waals surface area contributed by atoms with Crippen molar-refractivity contribution in [1.29, 1.82) is 0 Å². The molecular formula is C25H30ClN3O3S2. The third kappa shape index (κ3) is 5.73. The maximum absolute atomic E-state index is 12.9. The Bertz CT molecular complexity index is 1350. The number of thiazole rings is 1. The first-order valence-electron chi connectivity index (χ1n) is 11.5. The summed E-state index contributed by atoms with van der Waals surface area (Å²) >= 11 is 7.67. The van der Waals surface area contributed by atoms with Crippen LogP contribution in [0.1, 0.15) is 31.4 Å².